The van der Waals surface area contributed by atoms with E-state index in [9.17, 15) is 5.11 Å². The van der Waals surface area contributed by atoms with Crippen LogP contribution in [-0.4, -0.2) is 11.2 Å². The van der Waals surface area contributed by atoms with E-state index < -0.39 is 12.1 Å². The fraction of sp³-hybridized carbons (Fsp3) is 0.500. The number of rotatable bonds is 5. The SMILES string of the molecule is CC(C)CC[C@H](O)[C@H](N)c1cccc(C#N)c1.Cl. The third-order valence-electron chi connectivity index (χ3n) is 2.85. The zero-order valence-corrected chi connectivity index (χ0v) is 11.7. The highest BCUT2D eigenvalue weighted by Gasteiger charge is 2.17. The van der Waals surface area contributed by atoms with Crippen LogP contribution in [0.25, 0.3) is 0 Å². The first-order valence-electron chi connectivity index (χ1n) is 5.98. The first kappa shape index (κ1) is 16.9. The van der Waals surface area contributed by atoms with Gasteiger partial charge in [0.05, 0.1) is 23.8 Å². The number of halogens is 1. The Labute approximate surface area is 115 Å². The molecule has 0 saturated heterocycles. The van der Waals surface area contributed by atoms with Crippen molar-refractivity contribution in [3.8, 4) is 6.07 Å². The van der Waals surface area contributed by atoms with Gasteiger partial charge in [0.1, 0.15) is 0 Å². The minimum absolute atomic E-state index is 0. The van der Waals surface area contributed by atoms with Gasteiger partial charge in [-0.05, 0) is 36.5 Å². The van der Waals surface area contributed by atoms with Crippen molar-refractivity contribution in [2.75, 3.05) is 0 Å². The van der Waals surface area contributed by atoms with Crippen LogP contribution >= 0.6 is 12.4 Å². The molecule has 4 heteroatoms. The van der Waals surface area contributed by atoms with Crippen molar-refractivity contribution in [1.82, 2.24) is 0 Å². The van der Waals surface area contributed by atoms with Gasteiger partial charge < -0.3 is 10.8 Å². The molecule has 0 radical (unpaired) electrons. The maximum atomic E-state index is 9.98. The normalized spacial score (nSPS) is 13.6. The number of benzene rings is 1. The highest BCUT2D eigenvalue weighted by Crippen LogP contribution is 2.20. The summed E-state index contributed by atoms with van der Waals surface area (Å²) < 4.78 is 0. The van der Waals surface area contributed by atoms with Crippen LogP contribution in [0.3, 0.4) is 0 Å². The lowest BCUT2D eigenvalue weighted by molar-refractivity contribution is 0.128. The van der Waals surface area contributed by atoms with Crippen molar-refractivity contribution < 1.29 is 5.11 Å². The van der Waals surface area contributed by atoms with E-state index in [2.05, 4.69) is 19.9 Å². The molecule has 0 unspecified atom stereocenters. The maximum Gasteiger partial charge on any atom is 0.0991 e. The molecule has 1 rings (SSSR count). The molecule has 100 valence electrons. The Morgan fingerprint density at radius 2 is 2.00 bits per heavy atom. The second-order valence-corrected chi connectivity index (χ2v) is 4.80. The van der Waals surface area contributed by atoms with E-state index >= 15 is 0 Å². The highest BCUT2D eigenvalue weighted by atomic mass is 35.5. The van der Waals surface area contributed by atoms with Gasteiger partial charge in [-0.15, -0.1) is 12.4 Å². The molecule has 0 aromatic heterocycles. The summed E-state index contributed by atoms with van der Waals surface area (Å²) in [6, 6.07) is 8.78. The maximum absolute atomic E-state index is 9.98. The Hall–Kier alpha value is -1.08. The average molecular weight is 269 g/mol. The molecule has 0 spiro atoms. The Morgan fingerprint density at radius 1 is 1.33 bits per heavy atom. The smallest absolute Gasteiger partial charge is 0.0991 e. The van der Waals surface area contributed by atoms with Gasteiger partial charge in [0, 0.05) is 0 Å². The molecule has 0 saturated carbocycles. The summed E-state index contributed by atoms with van der Waals surface area (Å²) in [5.74, 6) is 0.558. The van der Waals surface area contributed by atoms with Gasteiger partial charge in [-0.1, -0.05) is 26.0 Å². The highest BCUT2D eigenvalue weighted by molar-refractivity contribution is 5.85. The molecule has 18 heavy (non-hydrogen) atoms. The van der Waals surface area contributed by atoms with Crippen LogP contribution in [0.5, 0.6) is 0 Å². The molecule has 3 N–H and O–H groups in total. The van der Waals surface area contributed by atoms with Crippen molar-refractivity contribution in [3.63, 3.8) is 0 Å². The molecule has 0 aliphatic heterocycles. The predicted molar refractivity (Wildman–Crippen MR) is 75.4 cm³/mol. The molecule has 0 aliphatic rings. The molecule has 0 aliphatic carbocycles. The zero-order chi connectivity index (χ0) is 12.8. The van der Waals surface area contributed by atoms with Gasteiger partial charge in [-0.3, -0.25) is 0 Å². The lowest BCUT2D eigenvalue weighted by Crippen LogP contribution is -2.26. The Balaban J connectivity index is 0.00000289. The van der Waals surface area contributed by atoms with E-state index in [1.165, 1.54) is 0 Å². The van der Waals surface area contributed by atoms with Gasteiger partial charge in [0.2, 0.25) is 0 Å². The second-order valence-electron chi connectivity index (χ2n) is 4.80. The van der Waals surface area contributed by atoms with Gasteiger partial charge in [-0.2, -0.15) is 5.26 Å². The fourth-order valence-electron chi connectivity index (χ4n) is 1.72. The molecule has 1 aromatic rings. The van der Waals surface area contributed by atoms with E-state index in [1.54, 1.807) is 18.2 Å². The van der Waals surface area contributed by atoms with Crippen LogP contribution < -0.4 is 5.73 Å². The number of nitrogens with two attached hydrogens (primary N) is 1. The first-order chi connectivity index (χ1) is 8.04. The first-order valence-corrected chi connectivity index (χ1v) is 5.98. The standard InChI is InChI=1S/C14H20N2O.ClH/c1-10(2)6-7-13(17)14(16)12-5-3-4-11(8-12)9-15;/h3-5,8,10,13-14,17H,6-7,16H2,1-2H3;1H/t13-,14+;/m0./s1. The van der Waals surface area contributed by atoms with Crippen molar-refractivity contribution in [3.05, 3.63) is 35.4 Å². The zero-order valence-electron chi connectivity index (χ0n) is 10.8. The van der Waals surface area contributed by atoms with E-state index in [4.69, 9.17) is 11.0 Å². The van der Waals surface area contributed by atoms with Crippen LogP contribution in [0.1, 0.15) is 43.9 Å². The van der Waals surface area contributed by atoms with Crippen molar-refractivity contribution >= 4 is 12.4 Å². The topological polar surface area (TPSA) is 70.0 Å². The second kappa shape index (κ2) is 8.10. The van der Waals surface area contributed by atoms with E-state index in [1.807, 2.05) is 6.07 Å². The van der Waals surface area contributed by atoms with Crippen LogP contribution in [0.2, 0.25) is 0 Å². The Morgan fingerprint density at radius 3 is 2.56 bits per heavy atom. The minimum Gasteiger partial charge on any atom is -0.391 e. The quantitative estimate of drug-likeness (QED) is 0.863. The third-order valence-corrected chi connectivity index (χ3v) is 2.85. The third kappa shape index (κ3) is 5.05. The lowest BCUT2D eigenvalue weighted by Gasteiger charge is -2.20. The summed E-state index contributed by atoms with van der Waals surface area (Å²) in [7, 11) is 0. The Bertz CT molecular complexity index is 401. The molecule has 0 fully saturated rings. The molecule has 0 bridgehead atoms. The molecular weight excluding hydrogens is 248 g/mol. The summed E-state index contributed by atoms with van der Waals surface area (Å²) in [4.78, 5) is 0. The van der Waals surface area contributed by atoms with Crippen LogP contribution in [0.4, 0.5) is 0 Å². The monoisotopic (exact) mass is 268 g/mol. The molecular formula is C14H21ClN2O. The van der Waals surface area contributed by atoms with Crippen LogP contribution in [0, 0.1) is 17.2 Å². The number of hydrogen-bond donors (Lipinski definition) is 2. The Kier molecular flexibility index (Phi) is 7.61. The molecule has 1 aromatic carbocycles. The van der Waals surface area contributed by atoms with Crippen molar-refractivity contribution in [1.29, 1.82) is 5.26 Å². The molecule has 2 atom stereocenters. The lowest BCUT2D eigenvalue weighted by atomic mass is 9.95. The molecule has 0 amide bonds. The average Bonchev–Trinajstić information content (AvgIpc) is 2.35. The number of aliphatic hydroxyl groups excluding tert-OH is 1. The van der Waals surface area contributed by atoms with Gasteiger partial charge in [0.25, 0.3) is 0 Å². The summed E-state index contributed by atoms with van der Waals surface area (Å²) >= 11 is 0. The van der Waals surface area contributed by atoms with Crippen LogP contribution in [-0.2, 0) is 0 Å². The number of nitrogens with zero attached hydrogens (tertiary/aromatic N) is 1. The summed E-state index contributed by atoms with van der Waals surface area (Å²) in [5.41, 5.74) is 7.39. The number of hydrogen-bond acceptors (Lipinski definition) is 3. The molecule has 0 heterocycles. The predicted octanol–water partition coefficient (Wildman–Crippen LogP) is 2.78. The van der Waals surface area contributed by atoms with Crippen molar-refractivity contribution in [2.45, 2.75) is 38.8 Å². The summed E-state index contributed by atoms with van der Waals surface area (Å²) in [6.07, 6.45) is 1.09. The van der Waals surface area contributed by atoms with Crippen molar-refractivity contribution in [2.24, 2.45) is 11.7 Å². The van der Waals surface area contributed by atoms with E-state index in [-0.39, 0.29) is 12.4 Å². The fourth-order valence-corrected chi connectivity index (χ4v) is 1.72. The number of nitriles is 1. The summed E-state index contributed by atoms with van der Waals surface area (Å²) in [5, 5.41) is 18.8. The van der Waals surface area contributed by atoms with Crippen LogP contribution in [0.15, 0.2) is 24.3 Å². The van der Waals surface area contributed by atoms with Gasteiger partial charge >= 0.3 is 0 Å². The minimum atomic E-state index is -0.550. The van der Waals surface area contributed by atoms with E-state index in [0.717, 1.165) is 12.0 Å². The van der Waals surface area contributed by atoms with Gasteiger partial charge in [0.15, 0.2) is 0 Å². The number of aliphatic hydroxyl groups is 1. The largest absolute Gasteiger partial charge is 0.391 e. The van der Waals surface area contributed by atoms with E-state index in [0.29, 0.717) is 17.9 Å². The van der Waals surface area contributed by atoms with Gasteiger partial charge in [-0.25, -0.2) is 0 Å². The summed E-state index contributed by atoms with van der Waals surface area (Å²) in [6.45, 7) is 4.24. The molecule has 3 nitrogen and oxygen atoms in total.